The number of benzene rings is 2. The lowest BCUT2D eigenvalue weighted by Gasteiger charge is -2.19. The number of aliphatic carboxylic acids is 1. The summed E-state index contributed by atoms with van der Waals surface area (Å²) in [6.07, 6.45) is 4.32. The van der Waals surface area contributed by atoms with Crippen LogP contribution in [0.1, 0.15) is 47.7 Å². The number of pyridine rings is 1. The Morgan fingerprint density at radius 1 is 1.16 bits per heavy atom. The molecular weight excluding hydrogens is 410 g/mol. The van der Waals surface area contributed by atoms with Gasteiger partial charge in [-0.2, -0.15) is 5.10 Å². The highest BCUT2D eigenvalue weighted by atomic mass is 35.5. The van der Waals surface area contributed by atoms with Gasteiger partial charge in [0.25, 0.3) is 0 Å². The fourth-order valence-electron chi connectivity index (χ4n) is 4.07. The summed E-state index contributed by atoms with van der Waals surface area (Å²) in [6, 6.07) is 13.7. The molecule has 0 spiro atoms. The molecular formula is C25H24ClN3O2. The van der Waals surface area contributed by atoms with Crippen molar-refractivity contribution < 1.29 is 9.90 Å². The standard InChI is InChI=1S/C25H24ClN3O2/c1-15(2)24-20(13-17-5-8-19(9-6-17)29-12-4-11-27-29)16(3)23-18(14-22(30)31)7-10-21(26)25(23)28-24/h4-12,15H,13-14H2,1-3H3,(H,30,31). The summed E-state index contributed by atoms with van der Waals surface area (Å²) in [5.41, 5.74) is 6.75. The van der Waals surface area contributed by atoms with Crippen LogP contribution in [0.5, 0.6) is 0 Å². The molecule has 4 rings (SSSR count). The summed E-state index contributed by atoms with van der Waals surface area (Å²) in [5, 5.41) is 15.0. The topological polar surface area (TPSA) is 68.0 Å². The summed E-state index contributed by atoms with van der Waals surface area (Å²) in [4.78, 5) is 16.3. The molecule has 2 aromatic heterocycles. The third-order valence-electron chi connectivity index (χ3n) is 5.56. The fraction of sp³-hybridized carbons (Fsp3) is 0.240. The van der Waals surface area contributed by atoms with Gasteiger partial charge in [-0.25, -0.2) is 4.68 Å². The molecule has 4 aromatic rings. The Kier molecular flexibility index (Phi) is 5.79. The van der Waals surface area contributed by atoms with Crippen molar-refractivity contribution in [3.63, 3.8) is 0 Å². The maximum absolute atomic E-state index is 11.4. The largest absolute Gasteiger partial charge is 0.481 e. The van der Waals surface area contributed by atoms with E-state index in [0.29, 0.717) is 17.0 Å². The second-order valence-electron chi connectivity index (χ2n) is 8.05. The lowest BCUT2D eigenvalue weighted by Crippen LogP contribution is -2.08. The number of hydrogen-bond donors (Lipinski definition) is 1. The van der Waals surface area contributed by atoms with Crippen molar-refractivity contribution >= 4 is 28.5 Å². The minimum atomic E-state index is -0.869. The molecule has 0 saturated heterocycles. The monoisotopic (exact) mass is 433 g/mol. The van der Waals surface area contributed by atoms with E-state index >= 15 is 0 Å². The highest BCUT2D eigenvalue weighted by Crippen LogP contribution is 2.34. The molecule has 0 aliphatic heterocycles. The Bertz CT molecular complexity index is 1250. The Labute approximate surface area is 186 Å². The zero-order valence-corrected chi connectivity index (χ0v) is 18.5. The highest BCUT2D eigenvalue weighted by Gasteiger charge is 2.19. The Balaban J connectivity index is 1.83. The van der Waals surface area contributed by atoms with Gasteiger partial charge < -0.3 is 5.11 Å². The summed E-state index contributed by atoms with van der Waals surface area (Å²) in [6.45, 7) is 6.28. The van der Waals surface area contributed by atoms with Gasteiger partial charge in [0.15, 0.2) is 0 Å². The maximum atomic E-state index is 11.4. The van der Waals surface area contributed by atoms with Gasteiger partial charge in [0.1, 0.15) is 0 Å². The third kappa shape index (κ3) is 4.19. The Hall–Kier alpha value is -3.18. The van der Waals surface area contributed by atoms with Crippen molar-refractivity contribution in [2.75, 3.05) is 0 Å². The average molecular weight is 434 g/mol. The Morgan fingerprint density at radius 2 is 1.90 bits per heavy atom. The van der Waals surface area contributed by atoms with Crippen LogP contribution in [0.3, 0.4) is 0 Å². The molecule has 0 radical (unpaired) electrons. The first-order chi connectivity index (χ1) is 14.8. The van der Waals surface area contributed by atoms with Crippen molar-refractivity contribution in [2.45, 2.75) is 39.5 Å². The van der Waals surface area contributed by atoms with E-state index in [1.54, 1.807) is 18.3 Å². The fourth-order valence-corrected chi connectivity index (χ4v) is 4.27. The van der Waals surface area contributed by atoms with Gasteiger partial charge in [0.05, 0.1) is 22.6 Å². The van der Waals surface area contributed by atoms with Crippen LogP contribution in [0.2, 0.25) is 5.02 Å². The average Bonchev–Trinajstić information content (AvgIpc) is 3.26. The molecule has 158 valence electrons. The van der Waals surface area contributed by atoms with E-state index < -0.39 is 5.97 Å². The van der Waals surface area contributed by atoms with Crippen LogP contribution in [0.25, 0.3) is 16.6 Å². The molecule has 0 bridgehead atoms. The van der Waals surface area contributed by atoms with Crippen molar-refractivity contribution in [3.8, 4) is 5.69 Å². The number of nitrogens with zero attached hydrogens (tertiary/aromatic N) is 3. The minimum absolute atomic E-state index is 0.0603. The zero-order chi connectivity index (χ0) is 22.1. The first kappa shape index (κ1) is 21.1. The smallest absolute Gasteiger partial charge is 0.307 e. The van der Waals surface area contributed by atoms with E-state index in [-0.39, 0.29) is 12.3 Å². The lowest BCUT2D eigenvalue weighted by molar-refractivity contribution is -0.136. The molecule has 0 saturated carbocycles. The first-order valence-electron chi connectivity index (χ1n) is 10.3. The van der Waals surface area contributed by atoms with Crippen LogP contribution in [0.15, 0.2) is 54.9 Å². The van der Waals surface area contributed by atoms with E-state index in [1.807, 2.05) is 36.0 Å². The quantitative estimate of drug-likeness (QED) is 0.422. The van der Waals surface area contributed by atoms with Gasteiger partial charge >= 0.3 is 5.97 Å². The van der Waals surface area contributed by atoms with Crippen molar-refractivity contribution in [1.82, 2.24) is 14.8 Å². The molecule has 2 heterocycles. The minimum Gasteiger partial charge on any atom is -0.481 e. The highest BCUT2D eigenvalue weighted by molar-refractivity contribution is 6.35. The van der Waals surface area contributed by atoms with Crippen molar-refractivity contribution in [1.29, 1.82) is 0 Å². The van der Waals surface area contributed by atoms with E-state index in [0.717, 1.165) is 39.0 Å². The third-order valence-corrected chi connectivity index (χ3v) is 5.86. The number of fused-ring (bicyclic) bond motifs is 1. The van der Waals surface area contributed by atoms with Crippen LogP contribution >= 0.6 is 11.6 Å². The number of aryl methyl sites for hydroxylation is 1. The van der Waals surface area contributed by atoms with Crippen LogP contribution in [-0.4, -0.2) is 25.8 Å². The summed E-state index contributed by atoms with van der Waals surface area (Å²) < 4.78 is 1.83. The molecule has 5 nitrogen and oxygen atoms in total. The summed E-state index contributed by atoms with van der Waals surface area (Å²) in [7, 11) is 0. The SMILES string of the molecule is Cc1c(Cc2ccc(-n3cccn3)cc2)c(C(C)C)nc2c(Cl)ccc(CC(=O)O)c12. The zero-order valence-electron chi connectivity index (χ0n) is 17.8. The molecule has 1 N–H and O–H groups in total. The molecule has 0 unspecified atom stereocenters. The summed E-state index contributed by atoms with van der Waals surface area (Å²) >= 11 is 6.47. The van der Waals surface area contributed by atoms with Crippen LogP contribution < -0.4 is 0 Å². The van der Waals surface area contributed by atoms with Crippen LogP contribution in [0.4, 0.5) is 0 Å². The van der Waals surface area contributed by atoms with Crippen LogP contribution in [0, 0.1) is 6.92 Å². The van der Waals surface area contributed by atoms with Gasteiger partial charge in [-0.3, -0.25) is 9.78 Å². The van der Waals surface area contributed by atoms with Gasteiger partial charge in [-0.15, -0.1) is 0 Å². The van der Waals surface area contributed by atoms with Crippen molar-refractivity contribution in [2.24, 2.45) is 0 Å². The lowest BCUT2D eigenvalue weighted by atomic mass is 9.89. The number of hydrogen-bond acceptors (Lipinski definition) is 3. The molecule has 0 aliphatic rings. The molecule has 6 heteroatoms. The van der Waals surface area contributed by atoms with E-state index in [2.05, 4.69) is 31.1 Å². The van der Waals surface area contributed by atoms with E-state index in [9.17, 15) is 9.90 Å². The Morgan fingerprint density at radius 3 is 2.52 bits per heavy atom. The van der Waals surface area contributed by atoms with Gasteiger partial charge in [-0.05, 0) is 65.8 Å². The number of rotatable bonds is 6. The molecule has 31 heavy (non-hydrogen) atoms. The first-order valence-corrected chi connectivity index (χ1v) is 10.6. The molecule has 0 aliphatic carbocycles. The summed E-state index contributed by atoms with van der Waals surface area (Å²) in [5.74, 6) is -0.660. The number of carboxylic acid groups (broad SMARTS) is 1. The van der Waals surface area contributed by atoms with Gasteiger partial charge in [0, 0.05) is 23.5 Å². The molecule has 0 fully saturated rings. The van der Waals surface area contributed by atoms with E-state index in [4.69, 9.17) is 16.6 Å². The van der Waals surface area contributed by atoms with Crippen LogP contribution in [-0.2, 0) is 17.6 Å². The number of halogens is 1. The molecule has 2 aromatic carbocycles. The number of carboxylic acids is 1. The number of aromatic nitrogens is 3. The number of carbonyl (C=O) groups is 1. The molecule has 0 amide bonds. The van der Waals surface area contributed by atoms with Crippen molar-refractivity contribution in [3.05, 3.63) is 87.8 Å². The molecule has 0 atom stereocenters. The maximum Gasteiger partial charge on any atom is 0.307 e. The second kappa shape index (κ2) is 8.52. The van der Waals surface area contributed by atoms with Gasteiger partial charge in [0.2, 0.25) is 0 Å². The second-order valence-corrected chi connectivity index (χ2v) is 8.46. The van der Waals surface area contributed by atoms with E-state index in [1.165, 1.54) is 0 Å². The predicted molar refractivity (Wildman–Crippen MR) is 123 cm³/mol. The van der Waals surface area contributed by atoms with Gasteiger partial charge in [-0.1, -0.05) is 43.6 Å². The predicted octanol–water partition coefficient (Wildman–Crippen LogP) is 5.72. The normalized spacial score (nSPS) is 11.4.